The standard InChI is InChI=1S/C16H12ClF4N3O2/c17-9-5-8(1-2-10(9)18)23-13(25)6-22-7-14(26)24-12-4-3-11(19)15(20)16(12)21/h1-5,22H,6-7H2,(H,23,25)(H,24,26)/p+1. The van der Waals surface area contributed by atoms with E-state index in [9.17, 15) is 27.2 Å². The maximum absolute atomic E-state index is 13.4. The van der Waals surface area contributed by atoms with Gasteiger partial charge in [-0.15, -0.1) is 0 Å². The van der Waals surface area contributed by atoms with E-state index in [0.717, 1.165) is 12.1 Å². The van der Waals surface area contributed by atoms with Crippen molar-refractivity contribution in [3.05, 3.63) is 58.6 Å². The van der Waals surface area contributed by atoms with E-state index in [-0.39, 0.29) is 23.8 Å². The molecule has 0 bridgehead atoms. The van der Waals surface area contributed by atoms with Crippen LogP contribution in [0.2, 0.25) is 5.02 Å². The van der Waals surface area contributed by atoms with Gasteiger partial charge >= 0.3 is 0 Å². The number of halogens is 5. The van der Waals surface area contributed by atoms with E-state index < -0.39 is 40.8 Å². The normalized spacial score (nSPS) is 10.5. The van der Waals surface area contributed by atoms with Crippen LogP contribution >= 0.6 is 11.6 Å². The molecule has 2 rings (SSSR count). The molecule has 0 saturated heterocycles. The maximum Gasteiger partial charge on any atom is 0.279 e. The number of carbonyl (C=O) groups excluding carboxylic acids is 2. The third-order valence-corrected chi connectivity index (χ3v) is 3.46. The molecular formula is C16H13ClF4N3O2+. The Morgan fingerprint density at radius 2 is 1.50 bits per heavy atom. The molecule has 4 N–H and O–H groups in total. The van der Waals surface area contributed by atoms with Crippen LogP contribution in [0.5, 0.6) is 0 Å². The molecule has 0 aromatic heterocycles. The lowest BCUT2D eigenvalue weighted by Crippen LogP contribution is -2.88. The number of quaternary nitrogens is 1. The molecule has 0 saturated carbocycles. The van der Waals surface area contributed by atoms with Crippen molar-refractivity contribution in [3.8, 4) is 0 Å². The molecule has 0 atom stereocenters. The smallest absolute Gasteiger partial charge is 0.279 e. The Hall–Kier alpha value is -2.65. The van der Waals surface area contributed by atoms with Gasteiger partial charge < -0.3 is 16.0 Å². The van der Waals surface area contributed by atoms with Gasteiger partial charge in [-0.2, -0.15) is 0 Å². The monoisotopic (exact) mass is 390 g/mol. The average Bonchev–Trinajstić information content (AvgIpc) is 2.59. The number of benzene rings is 2. The summed E-state index contributed by atoms with van der Waals surface area (Å²) in [4.78, 5) is 23.4. The fraction of sp³-hybridized carbons (Fsp3) is 0.125. The van der Waals surface area contributed by atoms with Crippen LogP contribution in [0.25, 0.3) is 0 Å². The molecule has 2 amide bonds. The van der Waals surface area contributed by atoms with Crippen molar-refractivity contribution >= 4 is 34.8 Å². The number of anilines is 2. The van der Waals surface area contributed by atoms with Gasteiger partial charge in [0.1, 0.15) is 5.82 Å². The van der Waals surface area contributed by atoms with Gasteiger partial charge in [-0.1, -0.05) is 11.6 Å². The Balaban J connectivity index is 1.80. The first kappa shape index (κ1) is 19.7. The predicted molar refractivity (Wildman–Crippen MR) is 86.6 cm³/mol. The van der Waals surface area contributed by atoms with Crippen LogP contribution in [0, 0.1) is 23.3 Å². The highest BCUT2D eigenvalue weighted by molar-refractivity contribution is 6.31. The molecule has 0 aliphatic carbocycles. The molecule has 26 heavy (non-hydrogen) atoms. The molecular weight excluding hydrogens is 378 g/mol. The van der Waals surface area contributed by atoms with Gasteiger partial charge in [0.2, 0.25) is 0 Å². The Morgan fingerprint density at radius 1 is 0.885 bits per heavy atom. The quantitative estimate of drug-likeness (QED) is 0.521. The number of hydrogen-bond acceptors (Lipinski definition) is 2. The summed E-state index contributed by atoms with van der Waals surface area (Å²) in [6, 6.07) is 5.20. The van der Waals surface area contributed by atoms with E-state index in [2.05, 4.69) is 10.6 Å². The van der Waals surface area contributed by atoms with Gasteiger partial charge in [-0.3, -0.25) is 9.59 Å². The first-order chi connectivity index (χ1) is 12.3. The van der Waals surface area contributed by atoms with E-state index in [1.54, 1.807) is 0 Å². The van der Waals surface area contributed by atoms with Gasteiger partial charge in [0.05, 0.1) is 10.7 Å². The van der Waals surface area contributed by atoms with Crippen LogP contribution in [-0.2, 0) is 9.59 Å². The van der Waals surface area contributed by atoms with E-state index in [0.29, 0.717) is 6.07 Å². The third kappa shape index (κ3) is 5.17. The van der Waals surface area contributed by atoms with Gasteiger partial charge in [0.25, 0.3) is 11.8 Å². The van der Waals surface area contributed by atoms with Gasteiger partial charge in [0, 0.05) is 5.69 Å². The van der Waals surface area contributed by atoms with Crippen molar-refractivity contribution in [2.24, 2.45) is 0 Å². The summed E-state index contributed by atoms with van der Waals surface area (Å²) in [5, 5.41) is 5.67. The van der Waals surface area contributed by atoms with Crippen LogP contribution in [0.15, 0.2) is 30.3 Å². The fourth-order valence-electron chi connectivity index (χ4n) is 1.94. The Morgan fingerprint density at radius 3 is 2.15 bits per heavy atom. The maximum atomic E-state index is 13.4. The van der Waals surface area contributed by atoms with Gasteiger partial charge in [0.15, 0.2) is 30.5 Å². The van der Waals surface area contributed by atoms with Crippen molar-refractivity contribution in [2.75, 3.05) is 23.7 Å². The first-order valence-electron chi connectivity index (χ1n) is 7.28. The summed E-state index contributed by atoms with van der Waals surface area (Å²) in [5.74, 6) is -6.40. The molecule has 0 radical (unpaired) electrons. The molecule has 0 aliphatic heterocycles. The second-order valence-electron chi connectivity index (χ2n) is 5.15. The van der Waals surface area contributed by atoms with E-state index in [4.69, 9.17) is 11.6 Å². The number of hydrogen-bond donors (Lipinski definition) is 3. The molecule has 2 aromatic carbocycles. The minimum atomic E-state index is -1.69. The van der Waals surface area contributed by atoms with Crippen molar-refractivity contribution in [1.82, 2.24) is 0 Å². The SMILES string of the molecule is O=C(C[NH2+]CC(=O)Nc1ccc(F)c(F)c1F)Nc1ccc(F)c(Cl)c1. The second-order valence-corrected chi connectivity index (χ2v) is 5.55. The highest BCUT2D eigenvalue weighted by atomic mass is 35.5. The molecule has 0 unspecified atom stereocenters. The zero-order chi connectivity index (χ0) is 19.3. The third-order valence-electron chi connectivity index (χ3n) is 3.17. The van der Waals surface area contributed by atoms with Gasteiger partial charge in [-0.05, 0) is 30.3 Å². The summed E-state index contributed by atoms with van der Waals surface area (Å²) in [5.41, 5.74) is -0.226. The van der Waals surface area contributed by atoms with Crippen molar-refractivity contribution < 1.29 is 32.5 Å². The Bertz CT molecular complexity index is 848. The molecule has 0 fully saturated rings. The lowest BCUT2D eigenvalue weighted by atomic mass is 10.2. The van der Waals surface area contributed by atoms with Crippen LogP contribution in [-0.4, -0.2) is 24.9 Å². The van der Waals surface area contributed by atoms with Crippen LogP contribution in [0.3, 0.4) is 0 Å². The zero-order valence-corrected chi connectivity index (χ0v) is 13.8. The largest absolute Gasteiger partial charge is 0.331 e. The number of amides is 2. The first-order valence-corrected chi connectivity index (χ1v) is 7.65. The number of nitrogens with one attached hydrogen (secondary N) is 2. The minimum absolute atomic E-state index is 0.153. The number of carbonyl (C=O) groups is 2. The molecule has 2 aromatic rings. The van der Waals surface area contributed by atoms with Crippen LogP contribution in [0.4, 0.5) is 28.9 Å². The van der Waals surface area contributed by atoms with E-state index >= 15 is 0 Å². The summed E-state index contributed by atoms with van der Waals surface area (Å²) >= 11 is 5.59. The van der Waals surface area contributed by atoms with Crippen LogP contribution in [0.1, 0.15) is 0 Å². The average molecular weight is 391 g/mol. The van der Waals surface area contributed by atoms with Crippen LogP contribution < -0.4 is 16.0 Å². The molecule has 0 spiro atoms. The Kier molecular flexibility index (Phi) is 6.53. The highest BCUT2D eigenvalue weighted by Gasteiger charge is 2.16. The van der Waals surface area contributed by atoms with E-state index in [1.807, 2.05) is 0 Å². The summed E-state index contributed by atoms with van der Waals surface area (Å²) < 4.78 is 52.3. The predicted octanol–water partition coefficient (Wildman–Crippen LogP) is 2.04. The summed E-state index contributed by atoms with van der Waals surface area (Å²) in [7, 11) is 0. The minimum Gasteiger partial charge on any atom is -0.331 e. The lowest BCUT2D eigenvalue weighted by Gasteiger charge is -2.07. The summed E-state index contributed by atoms with van der Waals surface area (Å²) in [6.45, 7) is -0.432. The lowest BCUT2D eigenvalue weighted by molar-refractivity contribution is -0.632. The molecule has 5 nitrogen and oxygen atoms in total. The molecule has 138 valence electrons. The van der Waals surface area contributed by atoms with Crippen molar-refractivity contribution in [1.29, 1.82) is 0 Å². The topological polar surface area (TPSA) is 74.8 Å². The number of rotatable bonds is 6. The fourth-order valence-corrected chi connectivity index (χ4v) is 2.12. The van der Waals surface area contributed by atoms with E-state index in [1.165, 1.54) is 17.4 Å². The molecule has 0 heterocycles. The van der Waals surface area contributed by atoms with Gasteiger partial charge in [-0.25, -0.2) is 17.6 Å². The van der Waals surface area contributed by atoms with Crippen molar-refractivity contribution in [3.63, 3.8) is 0 Å². The summed E-state index contributed by atoms with van der Waals surface area (Å²) in [6.07, 6.45) is 0. The molecule has 10 heteroatoms. The van der Waals surface area contributed by atoms with Crippen molar-refractivity contribution in [2.45, 2.75) is 0 Å². The number of nitrogens with two attached hydrogens (primary N) is 1. The highest BCUT2D eigenvalue weighted by Crippen LogP contribution is 2.20. The Labute approximate surface area is 150 Å². The second kappa shape index (κ2) is 8.63. The zero-order valence-electron chi connectivity index (χ0n) is 13.1. The molecule has 0 aliphatic rings.